The lowest BCUT2D eigenvalue weighted by Crippen LogP contribution is -2.31. The molecule has 8 heteroatoms. The average Bonchev–Trinajstić information content (AvgIpc) is 2.57. The number of hydrogen-bond acceptors (Lipinski definition) is 5. The smallest absolute Gasteiger partial charge is 0.246 e. The van der Waals surface area contributed by atoms with E-state index in [2.05, 4.69) is 10.6 Å². The zero-order valence-electron chi connectivity index (χ0n) is 15.6. The molecule has 1 unspecified atom stereocenters. The molecule has 0 fully saturated rings. The van der Waals surface area contributed by atoms with E-state index >= 15 is 0 Å². The van der Waals surface area contributed by atoms with Crippen molar-refractivity contribution in [1.29, 1.82) is 0 Å². The van der Waals surface area contributed by atoms with Gasteiger partial charge in [0.15, 0.2) is 0 Å². The standard InChI is InChI=1S/C17H29N3O4S/c1-6-20(7-2)25(22,23)16-11-14(9-10-15(16)24-8-3)19-17(21)13(4)12-18-5/h9-11,13,18H,6-8,12H2,1-5H3,(H,19,21). The van der Waals surface area contributed by atoms with Gasteiger partial charge in [0.1, 0.15) is 10.6 Å². The molecular weight excluding hydrogens is 342 g/mol. The van der Waals surface area contributed by atoms with Crippen LogP contribution in [0.1, 0.15) is 27.7 Å². The summed E-state index contributed by atoms with van der Waals surface area (Å²) in [6, 6.07) is 4.69. The number of anilines is 1. The molecule has 0 bridgehead atoms. The third kappa shape index (κ3) is 5.42. The Hall–Kier alpha value is -1.64. The van der Waals surface area contributed by atoms with E-state index in [1.165, 1.54) is 10.4 Å². The molecule has 0 aliphatic carbocycles. The molecule has 2 N–H and O–H groups in total. The first-order chi connectivity index (χ1) is 11.8. The molecule has 0 spiro atoms. The number of rotatable bonds is 10. The minimum absolute atomic E-state index is 0.0668. The van der Waals surface area contributed by atoms with E-state index in [1.807, 2.05) is 0 Å². The fraction of sp³-hybridized carbons (Fsp3) is 0.588. The first-order valence-corrected chi connectivity index (χ1v) is 9.98. The number of carbonyl (C=O) groups excluding carboxylic acids is 1. The van der Waals surface area contributed by atoms with E-state index in [-0.39, 0.29) is 22.5 Å². The van der Waals surface area contributed by atoms with Gasteiger partial charge in [0.2, 0.25) is 15.9 Å². The second kappa shape index (κ2) is 9.74. The van der Waals surface area contributed by atoms with Crippen LogP contribution >= 0.6 is 0 Å². The van der Waals surface area contributed by atoms with Gasteiger partial charge in [-0.15, -0.1) is 0 Å². The first-order valence-electron chi connectivity index (χ1n) is 8.54. The fourth-order valence-electron chi connectivity index (χ4n) is 2.43. The van der Waals surface area contributed by atoms with Crippen LogP contribution in [0.3, 0.4) is 0 Å². The highest BCUT2D eigenvalue weighted by Gasteiger charge is 2.26. The normalized spacial score (nSPS) is 12.9. The van der Waals surface area contributed by atoms with Crippen LogP contribution in [0.15, 0.2) is 23.1 Å². The molecule has 142 valence electrons. The van der Waals surface area contributed by atoms with Crippen molar-refractivity contribution in [2.75, 3.05) is 38.6 Å². The summed E-state index contributed by atoms with van der Waals surface area (Å²) in [7, 11) is -1.92. The van der Waals surface area contributed by atoms with Gasteiger partial charge in [-0.3, -0.25) is 4.79 Å². The summed E-state index contributed by atoms with van der Waals surface area (Å²) in [4.78, 5) is 12.2. The second-order valence-electron chi connectivity index (χ2n) is 5.63. The van der Waals surface area contributed by atoms with Crippen molar-refractivity contribution in [3.8, 4) is 5.75 Å². The lowest BCUT2D eigenvalue weighted by Gasteiger charge is -2.21. The van der Waals surface area contributed by atoms with Gasteiger partial charge in [-0.1, -0.05) is 20.8 Å². The summed E-state index contributed by atoms with van der Waals surface area (Å²) >= 11 is 0. The molecule has 1 atom stereocenters. The van der Waals surface area contributed by atoms with Crippen LogP contribution in [0.25, 0.3) is 0 Å². The Balaban J connectivity index is 3.24. The maximum absolute atomic E-state index is 12.9. The molecular formula is C17H29N3O4S. The Morgan fingerprint density at radius 3 is 2.40 bits per heavy atom. The lowest BCUT2D eigenvalue weighted by molar-refractivity contribution is -0.119. The van der Waals surface area contributed by atoms with E-state index in [1.54, 1.807) is 46.9 Å². The maximum Gasteiger partial charge on any atom is 0.246 e. The highest BCUT2D eigenvalue weighted by atomic mass is 32.2. The fourth-order valence-corrected chi connectivity index (χ4v) is 4.04. The van der Waals surface area contributed by atoms with Crippen LogP contribution in [0.5, 0.6) is 5.75 Å². The molecule has 0 radical (unpaired) electrons. The van der Waals surface area contributed by atoms with Gasteiger partial charge >= 0.3 is 0 Å². The Labute approximate surface area is 150 Å². The molecule has 1 amide bonds. The van der Waals surface area contributed by atoms with Crippen LogP contribution in [0, 0.1) is 5.92 Å². The monoisotopic (exact) mass is 371 g/mol. The molecule has 0 aromatic heterocycles. The van der Waals surface area contributed by atoms with Crippen LogP contribution in [0.2, 0.25) is 0 Å². The SMILES string of the molecule is CCOc1ccc(NC(=O)C(C)CNC)cc1S(=O)(=O)N(CC)CC. The molecule has 1 aromatic rings. The quantitative estimate of drug-likeness (QED) is 0.656. The van der Waals surface area contributed by atoms with Gasteiger partial charge < -0.3 is 15.4 Å². The molecule has 1 rings (SSSR count). The van der Waals surface area contributed by atoms with Crippen molar-refractivity contribution in [1.82, 2.24) is 9.62 Å². The van der Waals surface area contributed by atoms with E-state index in [0.717, 1.165) is 0 Å². The largest absolute Gasteiger partial charge is 0.492 e. The van der Waals surface area contributed by atoms with E-state index in [0.29, 0.717) is 31.9 Å². The Kier molecular flexibility index (Phi) is 8.34. The Bertz CT molecular complexity index is 672. The topological polar surface area (TPSA) is 87.7 Å². The molecule has 7 nitrogen and oxygen atoms in total. The van der Waals surface area contributed by atoms with E-state index in [9.17, 15) is 13.2 Å². The van der Waals surface area contributed by atoms with Crippen molar-refractivity contribution in [2.24, 2.45) is 5.92 Å². The van der Waals surface area contributed by atoms with Gasteiger partial charge in [-0.05, 0) is 32.2 Å². The first kappa shape index (κ1) is 21.4. The van der Waals surface area contributed by atoms with Crippen molar-refractivity contribution in [2.45, 2.75) is 32.6 Å². The molecule has 25 heavy (non-hydrogen) atoms. The van der Waals surface area contributed by atoms with E-state index in [4.69, 9.17) is 4.74 Å². The van der Waals surface area contributed by atoms with Crippen molar-refractivity contribution < 1.29 is 17.9 Å². The van der Waals surface area contributed by atoms with Crippen LogP contribution in [-0.4, -0.2) is 51.9 Å². The average molecular weight is 372 g/mol. The molecule has 0 saturated heterocycles. The third-order valence-corrected chi connectivity index (χ3v) is 5.86. The predicted molar refractivity (Wildman–Crippen MR) is 99.4 cm³/mol. The number of amides is 1. The van der Waals surface area contributed by atoms with Gasteiger partial charge in [0.05, 0.1) is 6.61 Å². The molecule has 0 heterocycles. The van der Waals surface area contributed by atoms with Gasteiger partial charge in [-0.25, -0.2) is 8.42 Å². The van der Waals surface area contributed by atoms with Crippen molar-refractivity contribution >= 4 is 21.6 Å². The third-order valence-electron chi connectivity index (χ3n) is 3.79. The van der Waals surface area contributed by atoms with Gasteiger partial charge in [0, 0.05) is 31.2 Å². The zero-order chi connectivity index (χ0) is 19.0. The van der Waals surface area contributed by atoms with Crippen molar-refractivity contribution in [3.05, 3.63) is 18.2 Å². The minimum atomic E-state index is -3.70. The van der Waals surface area contributed by atoms with Gasteiger partial charge in [0.25, 0.3) is 0 Å². The van der Waals surface area contributed by atoms with Crippen LogP contribution in [-0.2, 0) is 14.8 Å². The molecule has 0 aliphatic heterocycles. The Morgan fingerprint density at radius 1 is 1.24 bits per heavy atom. The number of carbonyl (C=O) groups is 1. The second-order valence-corrected chi connectivity index (χ2v) is 7.54. The summed E-state index contributed by atoms with van der Waals surface area (Å²) in [5.41, 5.74) is 0.433. The Morgan fingerprint density at radius 2 is 1.88 bits per heavy atom. The summed E-state index contributed by atoms with van der Waals surface area (Å²) in [5, 5.41) is 5.71. The summed E-state index contributed by atoms with van der Waals surface area (Å²) in [6.45, 7) is 8.77. The number of hydrogen-bond donors (Lipinski definition) is 2. The zero-order valence-corrected chi connectivity index (χ0v) is 16.4. The molecule has 0 saturated carbocycles. The highest BCUT2D eigenvalue weighted by molar-refractivity contribution is 7.89. The van der Waals surface area contributed by atoms with E-state index < -0.39 is 10.0 Å². The predicted octanol–water partition coefficient (Wildman–Crippen LogP) is 1.91. The van der Waals surface area contributed by atoms with Gasteiger partial charge in [-0.2, -0.15) is 4.31 Å². The lowest BCUT2D eigenvalue weighted by atomic mass is 10.1. The number of benzene rings is 1. The highest BCUT2D eigenvalue weighted by Crippen LogP contribution is 2.30. The number of nitrogens with one attached hydrogen (secondary N) is 2. The maximum atomic E-state index is 12.9. The minimum Gasteiger partial charge on any atom is -0.492 e. The number of ether oxygens (including phenoxy) is 1. The molecule has 1 aromatic carbocycles. The van der Waals surface area contributed by atoms with Crippen molar-refractivity contribution in [3.63, 3.8) is 0 Å². The summed E-state index contributed by atoms with van der Waals surface area (Å²) in [5.74, 6) is -0.125. The van der Waals surface area contributed by atoms with Crippen LogP contribution < -0.4 is 15.4 Å². The number of nitrogens with zero attached hydrogens (tertiary/aromatic N) is 1. The van der Waals surface area contributed by atoms with Crippen LogP contribution in [0.4, 0.5) is 5.69 Å². The summed E-state index contributed by atoms with van der Waals surface area (Å²) < 4.78 is 32.6. The number of sulfonamides is 1. The molecule has 0 aliphatic rings. The summed E-state index contributed by atoms with van der Waals surface area (Å²) in [6.07, 6.45) is 0.